The zero-order chi connectivity index (χ0) is 60.5. The second-order valence-electron chi connectivity index (χ2n) is 25.0. The molecule has 4 saturated heterocycles. The van der Waals surface area contributed by atoms with Gasteiger partial charge in [0, 0.05) is 68.1 Å². The summed E-state index contributed by atoms with van der Waals surface area (Å²) in [5.74, 6) is 0.196. The maximum absolute atomic E-state index is 17.8. The molecule has 14 nitrogen and oxygen atoms in total. The van der Waals surface area contributed by atoms with Crippen LogP contribution in [0.25, 0.3) is 32.9 Å². The fraction of sp³-hybridized carbons (Fsp3) is 0.681. The van der Waals surface area contributed by atoms with Crippen LogP contribution < -0.4 is 19.7 Å². The summed E-state index contributed by atoms with van der Waals surface area (Å²) in [4.78, 5) is 58.4. The molecule has 8 rings (SSSR count). The Morgan fingerprint density at radius 2 is 1.30 bits per heavy atom. The molecular formula is C69H97F3N6O8. The number of nitrogens with zero attached hydrogens (tertiary/aromatic N) is 5. The van der Waals surface area contributed by atoms with Crippen LogP contribution in [0.5, 0.6) is 11.8 Å². The fourth-order valence-electron chi connectivity index (χ4n) is 13.4. The van der Waals surface area contributed by atoms with E-state index in [1.54, 1.807) is 0 Å². The number of pyridine rings is 1. The molecule has 1 N–H and O–H groups in total. The van der Waals surface area contributed by atoms with Crippen molar-refractivity contribution < 1.29 is 51.2 Å². The Hall–Kier alpha value is -5.73. The number of carbonyl (C=O) groups is 3. The zero-order valence-corrected chi connectivity index (χ0v) is 51.7. The Kier molecular flexibility index (Phi) is 26.7. The molecule has 4 atom stereocenters. The summed E-state index contributed by atoms with van der Waals surface area (Å²) in [5, 5.41) is 4.39. The van der Waals surface area contributed by atoms with Gasteiger partial charge in [0.15, 0.2) is 11.9 Å². The van der Waals surface area contributed by atoms with Crippen LogP contribution >= 0.6 is 0 Å². The standard InChI is InChI=1S/C69H97F3N6O8/c1-4-7-9-11-13-15-17-19-21-23-25-27-29-32-60(79)82-47-55(48-83-61(80)33-30-28-26-24-22-20-18-16-14-12-10-8-5-2)86-68(81)85-54-40-50-34-37-59(71)56(6-3)62(50)57(41-54)64-63(72)65-58(43-73-64)66(77-45-52-35-36-53(46-77)74-52)76-67(75-65)84-49-69-38-31-39-78(69)44-51(70)42-69/h3,34,37,40-41,43,51-53,55,74H,4-5,7-33,35-36,38-39,42,44-49H2,1-2H3/t51-,52?,53?,69+/m1/s1. The smallest absolute Gasteiger partial charge is 0.462 e. The Balaban J connectivity index is 0.942. The number of aromatic nitrogens is 3. The Bertz CT molecular complexity index is 2790. The van der Waals surface area contributed by atoms with Gasteiger partial charge in [0.25, 0.3) is 0 Å². The van der Waals surface area contributed by atoms with Crippen molar-refractivity contribution in [1.82, 2.24) is 25.2 Å². The summed E-state index contributed by atoms with van der Waals surface area (Å²) in [6.45, 7) is 6.15. The average molecular weight is 1200 g/mol. The molecule has 472 valence electrons. The molecule has 4 fully saturated rings. The number of ether oxygens (including phenoxy) is 5. The molecule has 2 aromatic carbocycles. The first-order valence-electron chi connectivity index (χ1n) is 33.3. The molecular weight excluding hydrogens is 1100 g/mol. The second kappa shape index (κ2) is 34.7. The number of alkyl halides is 1. The SMILES string of the molecule is C#Cc1c(F)ccc2cc(OC(=O)OC(COC(=O)CCCCCCCCCCCCCCC)COC(=O)CCCCCCCCCCCCCCC)cc(-c3ncc4c(N5CC6CCC(C5)N6)nc(OC[C@@]56CCCN5C[C@H](F)C6)nc4c3F)c12. The molecule has 2 bridgehead atoms. The minimum atomic E-state index is -1.23. The first-order valence-corrected chi connectivity index (χ1v) is 33.3. The monoisotopic (exact) mass is 1190 g/mol. The number of esters is 2. The number of benzene rings is 2. The molecule has 4 aliphatic heterocycles. The number of unbranched alkanes of at least 4 members (excludes halogenated alkanes) is 24. The summed E-state index contributed by atoms with van der Waals surface area (Å²) in [7, 11) is 0. The van der Waals surface area contributed by atoms with Crippen LogP contribution in [0.1, 0.15) is 231 Å². The van der Waals surface area contributed by atoms with Crippen LogP contribution in [0, 0.1) is 24.0 Å². The van der Waals surface area contributed by atoms with Gasteiger partial charge in [0.1, 0.15) is 54.6 Å². The predicted octanol–water partition coefficient (Wildman–Crippen LogP) is 15.9. The highest BCUT2D eigenvalue weighted by Gasteiger charge is 2.49. The highest BCUT2D eigenvalue weighted by molar-refractivity contribution is 6.03. The summed E-state index contributed by atoms with van der Waals surface area (Å²) in [6, 6.07) is 5.74. The van der Waals surface area contributed by atoms with Crippen LogP contribution in [0.2, 0.25) is 0 Å². The van der Waals surface area contributed by atoms with Gasteiger partial charge in [0.05, 0.1) is 16.5 Å². The van der Waals surface area contributed by atoms with Crippen molar-refractivity contribution in [3.05, 3.63) is 47.7 Å². The third-order valence-electron chi connectivity index (χ3n) is 18.1. The molecule has 0 aliphatic carbocycles. The second-order valence-corrected chi connectivity index (χ2v) is 25.0. The van der Waals surface area contributed by atoms with Crippen molar-refractivity contribution in [3.63, 3.8) is 0 Å². The molecule has 0 amide bonds. The summed E-state index contributed by atoms with van der Waals surface area (Å²) in [6.07, 6.45) is 38.8. The van der Waals surface area contributed by atoms with Crippen LogP contribution in [0.15, 0.2) is 30.5 Å². The lowest BCUT2D eigenvalue weighted by Crippen LogP contribution is -2.51. The molecule has 2 unspecified atom stereocenters. The van der Waals surface area contributed by atoms with E-state index in [1.807, 2.05) is 0 Å². The van der Waals surface area contributed by atoms with Gasteiger partial charge >= 0.3 is 24.1 Å². The number of hydrogen-bond acceptors (Lipinski definition) is 14. The van der Waals surface area contributed by atoms with Gasteiger partial charge in [-0.2, -0.15) is 9.97 Å². The number of hydrogen-bond donors (Lipinski definition) is 1. The van der Waals surface area contributed by atoms with Gasteiger partial charge in [-0.25, -0.2) is 18.0 Å². The van der Waals surface area contributed by atoms with E-state index in [1.165, 1.54) is 146 Å². The molecule has 4 aromatic rings. The number of piperazine rings is 1. The van der Waals surface area contributed by atoms with E-state index < -0.39 is 60.8 Å². The van der Waals surface area contributed by atoms with E-state index in [2.05, 4.69) is 44.9 Å². The number of nitrogens with one attached hydrogen (secondary N) is 1. The van der Waals surface area contributed by atoms with Crippen molar-refractivity contribution in [2.75, 3.05) is 50.9 Å². The van der Waals surface area contributed by atoms with E-state index in [0.717, 1.165) is 70.8 Å². The van der Waals surface area contributed by atoms with Gasteiger partial charge in [-0.05, 0) is 68.7 Å². The summed E-state index contributed by atoms with van der Waals surface area (Å²) < 4.78 is 77.5. The lowest BCUT2D eigenvalue weighted by molar-refractivity contribution is -0.153. The summed E-state index contributed by atoms with van der Waals surface area (Å²) >= 11 is 0. The lowest BCUT2D eigenvalue weighted by atomic mass is 9.95. The van der Waals surface area contributed by atoms with E-state index in [0.29, 0.717) is 55.5 Å². The van der Waals surface area contributed by atoms with Crippen molar-refractivity contribution in [1.29, 1.82) is 0 Å². The minimum absolute atomic E-state index is 0.00108. The Morgan fingerprint density at radius 1 is 0.744 bits per heavy atom. The fourth-order valence-corrected chi connectivity index (χ4v) is 13.4. The van der Waals surface area contributed by atoms with Crippen LogP contribution in [-0.4, -0.2) is 114 Å². The average Bonchev–Trinajstić information content (AvgIpc) is 0.955. The zero-order valence-electron chi connectivity index (χ0n) is 51.7. The molecule has 86 heavy (non-hydrogen) atoms. The maximum atomic E-state index is 17.8. The number of carbonyl (C=O) groups excluding carboxylic acids is 3. The minimum Gasteiger partial charge on any atom is -0.462 e. The Labute approximate surface area is 509 Å². The van der Waals surface area contributed by atoms with Crippen molar-refractivity contribution in [2.24, 2.45) is 0 Å². The van der Waals surface area contributed by atoms with Gasteiger partial charge in [-0.3, -0.25) is 19.5 Å². The van der Waals surface area contributed by atoms with Gasteiger partial charge in [-0.15, -0.1) is 6.42 Å². The summed E-state index contributed by atoms with van der Waals surface area (Å²) in [5.41, 5.74) is -1.05. The highest BCUT2D eigenvalue weighted by atomic mass is 19.1. The van der Waals surface area contributed by atoms with E-state index in [9.17, 15) is 18.8 Å². The number of terminal acetylenes is 1. The van der Waals surface area contributed by atoms with E-state index >= 15 is 8.78 Å². The topological polar surface area (TPSA) is 155 Å². The molecule has 0 spiro atoms. The van der Waals surface area contributed by atoms with E-state index in [4.69, 9.17) is 35.1 Å². The van der Waals surface area contributed by atoms with Gasteiger partial charge in [0.2, 0.25) is 0 Å². The number of halogens is 3. The molecule has 4 aliphatic rings. The van der Waals surface area contributed by atoms with Crippen molar-refractivity contribution in [2.45, 2.75) is 256 Å². The number of anilines is 1. The van der Waals surface area contributed by atoms with Gasteiger partial charge in [-0.1, -0.05) is 180 Å². The van der Waals surface area contributed by atoms with Crippen LogP contribution in [0.4, 0.5) is 23.8 Å². The first kappa shape index (κ1) is 66.2. The lowest BCUT2D eigenvalue weighted by Gasteiger charge is -2.34. The quantitative estimate of drug-likeness (QED) is 0.0148. The molecule has 17 heteroatoms. The molecule has 2 aromatic heterocycles. The van der Waals surface area contributed by atoms with Crippen molar-refractivity contribution in [3.8, 4) is 35.4 Å². The predicted molar refractivity (Wildman–Crippen MR) is 332 cm³/mol. The van der Waals surface area contributed by atoms with Crippen LogP contribution in [-0.2, 0) is 23.8 Å². The van der Waals surface area contributed by atoms with Crippen LogP contribution in [0.3, 0.4) is 0 Å². The third kappa shape index (κ3) is 19.4. The Morgan fingerprint density at radius 3 is 1.86 bits per heavy atom. The van der Waals surface area contributed by atoms with Crippen molar-refractivity contribution >= 4 is 45.6 Å². The molecule has 6 heterocycles. The number of fused-ring (bicyclic) bond motifs is 5. The van der Waals surface area contributed by atoms with E-state index in [-0.39, 0.29) is 71.0 Å². The first-order chi connectivity index (χ1) is 42.0. The molecule has 0 radical (unpaired) electrons. The number of rotatable bonds is 39. The normalized spacial score (nSPS) is 19.1. The largest absolute Gasteiger partial charge is 0.514 e. The van der Waals surface area contributed by atoms with Gasteiger partial charge < -0.3 is 33.9 Å². The molecule has 0 saturated carbocycles. The highest BCUT2D eigenvalue weighted by Crippen LogP contribution is 2.42. The third-order valence-corrected chi connectivity index (χ3v) is 18.1. The maximum Gasteiger partial charge on any atom is 0.514 e.